The van der Waals surface area contributed by atoms with E-state index < -0.39 is 0 Å². The number of pyridine rings is 1. The molecule has 2 aromatic rings. The van der Waals surface area contributed by atoms with Gasteiger partial charge in [-0.2, -0.15) is 0 Å². The number of rotatable bonds is 7. The number of carbonyl (C=O) groups is 1. The smallest absolute Gasteiger partial charge is 0.259 e. The van der Waals surface area contributed by atoms with Crippen molar-refractivity contribution in [2.75, 3.05) is 33.3 Å². The van der Waals surface area contributed by atoms with E-state index in [1.165, 1.54) is 12.1 Å². The second-order valence-electron chi connectivity index (χ2n) is 8.47. The molecule has 1 aliphatic heterocycles. The predicted molar refractivity (Wildman–Crippen MR) is 119 cm³/mol. The molecule has 1 aromatic heterocycles. The average Bonchev–Trinajstić information content (AvgIpc) is 2.76. The first-order chi connectivity index (χ1) is 14.8. The molecular formula is C24H32FN3O3. The van der Waals surface area contributed by atoms with Crippen LogP contribution in [0, 0.1) is 11.7 Å². The van der Waals surface area contributed by atoms with E-state index in [-0.39, 0.29) is 36.4 Å². The van der Waals surface area contributed by atoms with Crippen molar-refractivity contribution in [3.05, 3.63) is 47.9 Å². The lowest BCUT2D eigenvalue weighted by Gasteiger charge is -2.37. The third kappa shape index (κ3) is 5.40. The lowest BCUT2D eigenvalue weighted by molar-refractivity contribution is 0.0331. The van der Waals surface area contributed by atoms with Gasteiger partial charge < -0.3 is 19.6 Å². The van der Waals surface area contributed by atoms with Crippen molar-refractivity contribution >= 4 is 5.91 Å². The van der Waals surface area contributed by atoms with Crippen LogP contribution in [0.25, 0.3) is 11.1 Å². The van der Waals surface area contributed by atoms with Crippen LogP contribution in [-0.2, 0) is 0 Å². The van der Waals surface area contributed by atoms with Crippen LogP contribution in [-0.4, -0.2) is 71.2 Å². The molecule has 7 heteroatoms. The molecule has 2 heterocycles. The average molecular weight is 430 g/mol. The maximum Gasteiger partial charge on any atom is 0.259 e. The Bertz CT molecular complexity index is 890. The number of nitrogens with zero attached hydrogens (tertiary/aromatic N) is 3. The van der Waals surface area contributed by atoms with Gasteiger partial charge in [-0.1, -0.05) is 26.0 Å². The molecule has 1 aromatic carbocycles. The summed E-state index contributed by atoms with van der Waals surface area (Å²) in [6.45, 7) is 8.05. The van der Waals surface area contributed by atoms with Crippen LogP contribution in [0.4, 0.5) is 4.39 Å². The van der Waals surface area contributed by atoms with Crippen molar-refractivity contribution < 1.29 is 19.0 Å². The summed E-state index contributed by atoms with van der Waals surface area (Å²) in [6.07, 6.45) is 2.54. The first-order valence-corrected chi connectivity index (χ1v) is 10.9. The third-order valence-corrected chi connectivity index (χ3v) is 5.80. The Balaban J connectivity index is 2.02. The minimum Gasteiger partial charge on any atom is -0.472 e. The Morgan fingerprint density at radius 3 is 2.68 bits per heavy atom. The number of amides is 1. The Kier molecular flexibility index (Phi) is 7.62. The number of aliphatic hydroxyl groups is 1. The molecule has 3 atom stereocenters. The molecule has 0 radical (unpaired) electrons. The molecule has 6 nitrogen and oxygen atoms in total. The van der Waals surface area contributed by atoms with Crippen LogP contribution in [0.1, 0.15) is 37.6 Å². The van der Waals surface area contributed by atoms with Crippen LogP contribution in [0.2, 0.25) is 0 Å². The molecule has 0 bridgehead atoms. The molecule has 168 valence electrons. The predicted octanol–water partition coefficient (Wildman–Crippen LogP) is 3.45. The zero-order chi connectivity index (χ0) is 22.5. The summed E-state index contributed by atoms with van der Waals surface area (Å²) in [7, 11) is 2.06. The minimum absolute atomic E-state index is 0.0592. The number of aromatic nitrogens is 1. The van der Waals surface area contributed by atoms with Crippen molar-refractivity contribution in [3.8, 4) is 17.0 Å². The van der Waals surface area contributed by atoms with Gasteiger partial charge in [-0.05, 0) is 50.7 Å². The molecular weight excluding hydrogens is 397 g/mol. The van der Waals surface area contributed by atoms with E-state index >= 15 is 0 Å². The quantitative estimate of drug-likeness (QED) is 0.730. The number of benzene rings is 1. The summed E-state index contributed by atoms with van der Waals surface area (Å²) in [5, 5.41) is 9.76. The Morgan fingerprint density at radius 2 is 2.03 bits per heavy atom. The van der Waals surface area contributed by atoms with E-state index in [0.717, 1.165) is 18.5 Å². The van der Waals surface area contributed by atoms with Gasteiger partial charge in [0.05, 0.1) is 12.6 Å². The Hall–Kier alpha value is -2.51. The van der Waals surface area contributed by atoms with Crippen LogP contribution in [0.15, 0.2) is 36.5 Å². The maximum absolute atomic E-state index is 13.4. The highest BCUT2D eigenvalue weighted by Crippen LogP contribution is 2.30. The third-order valence-electron chi connectivity index (χ3n) is 5.80. The maximum atomic E-state index is 13.4. The summed E-state index contributed by atoms with van der Waals surface area (Å²) in [4.78, 5) is 21.8. The lowest BCUT2D eigenvalue weighted by Crippen LogP contribution is -2.50. The van der Waals surface area contributed by atoms with E-state index in [9.17, 15) is 14.3 Å². The number of hydrogen-bond acceptors (Lipinski definition) is 5. The van der Waals surface area contributed by atoms with Gasteiger partial charge in [-0.15, -0.1) is 0 Å². The molecule has 0 aliphatic carbocycles. The van der Waals surface area contributed by atoms with Crippen molar-refractivity contribution in [1.82, 2.24) is 14.8 Å². The molecule has 0 spiro atoms. The van der Waals surface area contributed by atoms with Gasteiger partial charge in [0.25, 0.3) is 5.91 Å². The largest absolute Gasteiger partial charge is 0.472 e. The second kappa shape index (κ2) is 10.2. The molecule has 0 saturated carbocycles. The summed E-state index contributed by atoms with van der Waals surface area (Å²) in [5.74, 6) is -0.185. The van der Waals surface area contributed by atoms with E-state index in [1.54, 1.807) is 29.3 Å². The fourth-order valence-corrected chi connectivity index (χ4v) is 3.90. The van der Waals surface area contributed by atoms with Crippen LogP contribution < -0.4 is 4.74 Å². The number of ether oxygens (including phenoxy) is 1. The highest BCUT2D eigenvalue weighted by Gasteiger charge is 2.34. The molecule has 0 unspecified atom stereocenters. The van der Waals surface area contributed by atoms with Gasteiger partial charge in [0, 0.05) is 30.8 Å². The van der Waals surface area contributed by atoms with E-state index in [1.807, 2.05) is 6.92 Å². The Morgan fingerprint density at radius 1 is 1.32 bits per heavy atom. The monoisotopic (exact) mass is 429 g/mol. The SMILES string of the molecule is CCCN(C)C[C@@H]1Oc2ncc(-c3ccc(F)cc3)cc2C(=O)N([C@H](C)CO)C[C@@H]1C. The fraction of sp³-hybridized carbons (Fsp3) is 0.500. The lowest BCUT2D eigenvalue weighted by atomic mass is 9.99. The summed E-state index contributed by atoms with van der Waals surface area (Å²) in [5.41, 5.74) is 1.83. The van der Waals surface area contributed by atoms with Crippen molar-refractivity contribution in [3.63, 3.8) is 0 Å². The number of halogens is 1. The first-order valence-electron chi connectivity index (χ1n) is 10.9. The van der Waals surface area contributed by atoms with Crippen LogP contribution >= 0.6 is 0 Å². The minimum atomic E-state index is -0.329. The van der Waals surface area contributed by atoms with Crippen LogP contribution in [0.3, 0.4) is 0 Å². The number of aliphatic hydroxyl groups excluding tert-OH is 1. The fourth-order valence-electron chi connectivity index (χ4n) is 3.90. The molecule has 1 aliphatic rings. The van der Waals surface area contributed by atoms with Gasteiger partial charge in [0.1, 0.15) is 17.5 Å². The first kappa shape index (κ1) is 23.2. The molecule has 1 N–H and O–H groups in total. The summed E-state index contributed by atoms with van der Waals surface area (Å²) < 4.78 is 19.6. The standard InChI is InChI=1S/C24H32FN3O3/c1-5-10-27(4)14-22-16(2)13-28(17(3)15-29)24(30)21-11-19(12-26-23(21)31-22)18-6-8-20(25)9-7-18/h6-9,11-12,16-17,22,29H,5,10,13-15H2,1-4H3/t16-,17+,22-/m0/s1. The summed E-state index contributed by atoms with van der Waals surface area (Å²) in [6, 6.07) is 7.50. The molecule has 1 amide bonds. The second-order valence-corrected chi connectivity index (χ2v) is 8.47. The van der Waals surface area contributed by atoms with Gasteiger partial charge in [0.2, 0.25) is 5.88 Å². The summed E-state index contributed by atoms with van der Waals surface area (Å²) >= 11 is 0. The highest BCUT2D eigenvalue weighted by molar-refractivity contribution is 5.98. The van der Waals surface area contributed by atoms with Gasteiger partial charge in [-0.25, -0.2) is 9.37 Å². The number of likely N-dealkylation sites (N-methyl/N-ethyl adjacent to an activating group) is 1. The highest BCUT2D eigenvalue weighted by atomic mass is 19.1. The van der Waals surface area contributed by atoms with Gasteiger partial charge in [0.15, 0.2) is 0 Å². The zero-order valence-corrected chi connectivity index (χ0v) is 18.7. The van der Waals surface area contributed by atoms with Crippen molar-refractivity contribution in [2.45, 2.75) is 39.3 Å². The van der Waals surface area contributed by atoms with E-state index in [4.69, 9.17) is 4.74 Å². The number of fused-ring (bicyclic) bond motifs is 1. The molecule has 0 saturated heterocycles. The zero-order valence-electron chi connectivity index (χ0n) is 18.7. The molecule has 3 rings (SSSR count). The van der Waals surface area contributed by atoms with Gasteiger partial charge >= 0.3 is 0 Å². The normalized spacial score (nSPS) is 20.1. The molecule has 0 fully saturated rings. The number of carbonyl (C=O) groups excluding carboxylic acids is 1. The molecule has 31 heavy (non-hydrogen) atoms. The Labute approximate surface area is 183 Å². The van der Waals surface area contributed by atoms with Gasteiger partial charge in [-0.3, -0.25) is 4.79 Å². The van der Waals surface area contributed by atoms with Crippen molar-refractivity contribution in [2.24, 2.45) is 5.92 Å². The van der Waals surface area contributed by atoms with Crippen LogP contribution in [0.5, 0.6) is 5.88 Å². The van der Waals surface area contributed by atoms with Crippen molar-refractivity contribution in [1.29, 1.82) is 0 Å². The van der Waals surface area contributed by atoms with E-state index in [2.05, 4.69) is 30.8 Å². The number of hydrogen-bond donors (Lipinski definition) is 1. The van der Waals surface area contributed by atoms with E-state index in [0.29, 0.717) is 30.1 Å². The topological polar surface area (TPSA) is 65.9 Å².